The van der Waals surface area contributed by atoms with Crippen molar-refractivity contribution in [1.29, 1.82) is 0 Å². The number of nitrogens with zero attached hydrogens (tertiary/aromatic N) is 1. The molecule has 1 fully saturated rings. The van der Waals surface area contributed by atoms with Crippen molar-refractivity contribution in [2.75, 3.05) is 6.61 Å². The Morgan fingerprint density at radius 1 is 1.43 bits per heavy atom. The number of hydrogen-bond donors (Lipinski definition) is 1. The molecule has 0 spiro atoms. The molecule has 2 rings (SSSR count). The summed E-state index contributed by atoms with van der Waals surface area (Å²) >= 11 is 0. The third-order valence-electron chi connectivity index (χ3n) is 3.86. The highest BCUT2D eigenvalue weighted by Crippen LogP contribution is 2.31. The molecular weight excluding hydrogens is 292 g/mol. The quantitative estimate of drug-likeness (QED) is 0.275. The second-order valence-electron chi connectivity index (χ2n) is 5.55. The van der Waals surface area contributed by atoms with Gasteiger partial charge in [0.25, 0.3) is 0 Å². The average molecular weight is 314 g/mol. The van der Waals surface area contributed by atoms with E-state index >= 15 is 0 Å². The van der Waals surface area contributed by atoms with Crippen molar-refractivity contribution in [3.05, 3.63) is 54.4 Å². The van der Waals surface area contributed by atoms with E-state index in [1.165, 1.54) is 0 Å². The predicted molar refractivity (Wildman–Crippen MR) is 87.7 cm³/mol. The van der Waals surface area contributed by atoms with E-state index < -0.39 is 0 Å². The zero-order valence-corrected chi connectivity index (χ0v) is 13.3. The number of hydrogen-bond acceptors (Lipinski definition) is 5. The van der Waals surface area contributed by atoms with Gasteiger partial charge in [0, 0.05) is 25.2 Å². The van der Waals surface area contributed by atoms with E-state index in [1.807, 2.05) is 19.1 Å². The molecular formula is C18H22N2O3. The molecule has 0 amide bonds. The molecule has 0 radical (unpaired) electrons. The Bertz CT molecular complexity index is 576. The lowest BCUT2D eigenvalue weighted by atomic mass is 9.80. The van der Waals surface area contributed by atoms with Crippen molar-refractivity contribution >= 4 is 11.6 Å². The van der Waals surface area contributed by atoms with Crippen LogP contribution in [0.5, 0.6) is 0 Å². The fourth-order valence-corrected chi connectivity index (χ4v) is 2.58. The standard InChI is InChI=1S/C18H22N2O3/c1-3-8-23-20-15(4-2)11-16-17(21)9-14(10-18(16)22)13-6-5-7-19-12-13/h3,5-7,11-12,14-15,20H,1,4,8-10H2,2H3. The summed E-state index contributed by atoms with van der Waals surface area (Å²) in [7, 11) is 0. The summed E-state index contributed by atoms with van der Waals surface area (Å²) in [5.74, 6) is -0.302. The van der Waals surface area contributed by atoms with Crippen LogP contribution in [0.15, 0.2) is 48.8 Å². The number of rotatable bonds is 7. The van der Waals surface area contributed by atoms with Crippen LogP contribution < -0.4 is 5.48 Å². The summed E-state index contributed by atoms with van der Waals surface area (Å²) in [4.78, 5) is 34.0. The molecule has 1 N–H and O–H groups in total. The molecule has 1 aliphatic carbocycles. The number of aromatic nitrogens is 1. The van der Waals surface area contributed by atoms with Gasteiger partial charge in [-0.25, -0.2) is 0 Å². The first-order chi connectivity index (χ1) is 11.2. The summed E-state index contributed by atoms with van der Waals surface area (Å²) in [6.45, 7) is 5.89. The number of nitrogens with one attached hydrogen (secondary N) is 1. The Kier molecular flexibility index (Phi) is 6.38. The number of carbonyl (C=O) groups is 2. The minimum Gasteiger partial charge on any atom is -0.297 e. The van der Waals surface area contributed by atoms with E-state index in [2.05, 4.69) is 17.0 Å². The highest BCUT2D eigenvalue weighted by molar-refractivity contribution is 6.22. The van der Waals surface area contributed by atoms with Gasteiger partial charge >= 0.3 is 0 Å². The van der Waals surface area contributed by atoms with Gasteiger partial charge in [0.1, 0.15) is 0 Å². The van der Waals surface area contributed by atoms with Gasteiger partial charge in [-0.15, -0.1) is 6.58 Å². The summed E-state index contributed by atoms with van der Waals surface area (Å²) in [6.07, 6.45) is 8.12. The molecule has 0 bridgehead atoms. The number of ketones is 2. The second-order valence-corrected chi connectivity index (χ2v) is 5.55. The first kappa shape index (κ1) is 17.2. The normalized spacial score (nSPS) is 19.5. The van der Waals surface area contributed by atoms with Gasteiger partial charge in [0.15, 0.2) is 11.6 Å². The van der Waals surface area contributed by atoms with Crippen LogP contribution in [0.4, 0.5) is 0 Å². The van der Waals surface area contributed by atoms with Crippen molar-refractivity contribution in [2.24, 2.45) is 0 Å². The molecule has 122 valence electrons. The van der Waals surface area contributed by atoms with Crippen molar-refractivity contribution in [3.63, 3.8) is 0 Å². The van der Waals surface area contributed by atoms with Gasteiger partial charge < -0.3 is 0 Å². The van der Waals surface area contributed by atoms with Crippen LogP contribution in [-0.2, 0) is 14.4 Å². The summed E-state index contributed by atoms with van der Waals surface area (Å²) < 4.78 is 0. The van der Waals surface area contributed by atoms with E-state index in [9.17, 15) is 9.59 Å². The zero-order valence-electron chi connectivity index (χ0n) is 13.3. The Hall–Kier alpha value is -2.11. The fourth-order valence-electron chi connectivity index (χ4n) is 2.58. The van der Waals surface area contributed by atoms with Crippen molar-refractivity contribution in [3.8, 4) is 0 Å². The lowest BCUT2D eigenvalue weighted by Crippen LogP contribution is -2.31. The van der Waals surface area contributed by atoms with Crippen LogP contribution in [0.1, 0.15) is 37.7 Å². The molecule has 1 aliphatic rings. The van der Waals surface area contributed by atoms with Crippen LogP contribution in [-0.4, -0.2) is 29.2 Å². The number of pyridine rings is 1. The zero-order chi connectivity index (χ0) is 16.7. The summed E-state index contributed by atoms with van der Waals surface area (Å²) in [6, 6.07) is 3.56. The lowest BCUT2D eigenvalue weighted by molar-refractivity contribution is -0.124. The largest absolute Gasteiger partial charge is 0.297 e. The van der Waals surface area contributed by atoms with E-state index in [-0.39, 0.29) is 29.1 Å². The molecule has 0 aliphatic heterocycles. The molecule has 5 heteroatoms. The van der Waals surface area contributed by atoms with Crippen molar-refractivity contribution in [1.82, 2.24) is 10.5 Å². The van der Waals surface area contributed by atoms with Crippen molar-refractivity contribution < 1.29 is 14.4 Å². The maximum absolute atomic E-state index is 12.4. The van der Waals surface area contributed by atoms with Crippen LogP contribution in [0, 0.1) is 0 Å². The molecule has 1 aromatic rings. The molecule has 1 heterocycles. The molecule has 1 unspecified atom stereocenters. The topological polar surface area (TPSA) is 68.3 Å². The molecule has 0 saturated heterocycles. The molecule has 1 aromatic heterocycles. The van der Waals surface area contributed by atoms with Gasteiger partial charge in [-0.3, -0.25) is 19.4 Å². The van der Waals surface area contributed by atoms with E-state index in [0.717, 1.165) is 5.56 Å². The first-order valence-electron chi connectivity index (χ1n) is 7.82. The van der Waals surface area contributed by atoms with Crippen LogP contribution in [0.3, 0.4) is 0 Å². The highest BCUT2D eigenvalue weighted by atomic mass is 16.6. The molecule has 1 atom stereocenters. The smallest absolute Gasteiger partial charge is 0.166 e. The number of allylic oxidation sites excluding steroid dienone is 1. The Morgan fingerprint density at radius 3 is 2.74 bits per heavy atom. The second kappa shape index (κ2) is 8.50. The average Bonchev–Trinajstić information content (AvgIpc) is 2.57. The third-order valence-corrected chi connectivity index (χ3v) is 3.86. The van der Waals surface area contributed by atoms with E-state index in [1.54, 1.807) is 24.5 Å². The minimum atomic E-state index is -0.173. The SMILES string of the molecule is C=CCONC(C=C1C(=O)CC(c2cccnc2)CC1=O)CC. The summed E-state index contributed by atoms with van der Waals surface area (Å²) in [5, 5.41) is 0. The monoisotopic (exact) mass is 314 g/mol. The third kappa shape index (κ3) is 4.68. The fraction of sp³-hybridized carbons (Fsp3) is 0.389. The lowest BCUT2D eigenvalue weighted by Gasteiger charge is -2.23. The number of Topliss-reactive ketones (excluding diaryl/α,β-unsaturated/α-hetero) is 2. The molecule has 5 nitrogen and oxygen atoms in total. The molecule has 23 heavy (non-hydrogen) atoms. The predicted octanol–water partition coefficient (Wildman–Crippen LogP) is 2.51. The Balaban J connectivity index is 2.07. The van der Waals surface area contributed by atoms with Gasteiger partial charge in [-0.2, -0.15) is 5.48 Å². The first-order valence-corrected chi connectivity index (χ1v) is 7.82. The van der Waals surface area contributed by atoms with Gasteiger partial charge in [-0.05, 0) is 24.0 Å². The minimum absolute atomic E-state index is 0.0779. The summed E-state index contributed by atoms with van der Waals surface area (Å²) in [5.41, 5.74) is 4.06. The van der Waals surface area contributed by atoms with Crippen LogP contribution >= 0.6 is 0 Å². The molecule has 1 saturated carbocycles. The maximum atomic E-state index is 12.4. The Morgan fingerprint density at radius 2 is 2.17 bits per heavy atom. The number of carbonyl (C=O) groups excluding carboxylic acids is 2. The Labute approximate surface area is 136 Å². The van der Waals surface area contributed by atoms with Gasteiger partial charge in [-0.1, -0.05) is 25.1 Å². The number of hydroxylamine groups is 1. The van der Waals surface area contributed by atoms with Crippen LogP contribution in [0.2, 0.25) is 0 Å². The maximum Gasteiger partial charge on any atom is 0.166 e. The van der Waals surface area contributed by atoms with Crippen molar-refractivity contribution in [2.45, 2.75) is 38.1 Å². The van der Waals surface area contributed by atoms with Crippen LogP contribution in [0.25, 0.3) is 0 Å². The van der Waals surface area contributed by atoms with E-state index in [0.29, 0.717) is 25.9 Å². The highest BCUT2D eigenvalue weighted by Gasteiger charge is 2.31. The van der Waals surface area contributed by atoms with Gasteiger partial charge in [0.05, 0.1) is 18.2 Å². The van der Waals surface area contributed by atoms with Gasteiger partial charge in [0.2, 0.25) is 0 Å². The van der Waals surface area contributed by atoms with E-state index in [4.69, 9.17) is 4.84 Å². The molecule has 0 aromatic carbocycles.